The van der Waals surface area contributed by atoms with Crippen LogP contribution in [0.1, 0.15) is 24.2 Å². The van der Waals surface area contributed by atoms with Crippen molar-refractivity contribution in [1.82, 2.24) is 5.32 Å². The van der Waals surface area contributed by atoms with Gasteiger partial charge in [-0.1, -0.05) is 42.1 Å². The van der Waals surface area contributed by atoms with Crippen molar-refractivity contribution in [3.05, 3.63) is 78.4 Å². The normalized spacial score (nSPS) is 10.6. The van der Waals surface area contributed by atoms with Gasteiger partial charge in [-0.3, -0.25) is 4.79 Å². The van der Waals surface area contributed by atoms with Gasteiger partial charge in [-0.05, 0) is 56.3 Å². The number of hydrogen-bond acceptors (Lipinski definition) is 4. The second-order valence-electron chi connectivity index (χ2n) is 6.47. The van der Waals surface area contributed by atoms with Crippen LogP contribution in [0.25, 0.3) is 0 Å². The molecule has 3 aromatic carbocycles. The molecule has 4 nitrogen and oxygen atoms in total. The first-order valence-electron chi connectivity index (χ1n) is 8.82. The van der Waals surface area contributed by atoms with Crippen LogP contribution in [-0.4, -0.2) is 11.9 Å². The number of nitrogens with two attached hydrogens (primary N) is 1. The molecule has 0 aliphatic rings. The molecule has 0 saturated carbocycles. The van der Waals surface area contributed by atoms with Gasteiger partial charge in [0.15, 0.2) is 0 Å². The Morgan fingerprint density at radius 3 is 2.37 bits per heavy atom. The van der Waals surface area contributed by atoms with Crippen LogP contribution in [0.2, 0.25) is 0 Å². The predicted octanol–water partition coefficient (Wildman–Crippen LogP) is 5.30. The van der Waals surface area contributed by atoms with Crippen LogP contribution >= 0.6 is 11.8 Å². The van der Waals surface area contributed by atoms with E-state index in [0.717, 1.165) is 21.2 Å². The standard InChI is InChI=1S/C22H23N3OS/c1-15(2)24-22(26)18-14-16(23)12-13-19(18)25-20-10-6-7-11-21(20)27-17-8-4-3-5-9-17/h3-15,25H,23H2,1-2H3,(H,24,26). The van der Waals surface area contributed by atoms with Gasteiger partial charge >= 0.3 is 0 Å². The van der Waals surface area contributed by atoms with E-state index in [2.05, 4.69) is 28.8 Å². The summed E-state index contributed by atoms with van der Waals surface area (Å²) < 4.78 is 0. The monoisotopic (exact) mass is 377 g/mol. The fourth-order valence-corrected chi connectivity index (χ4v) is 3.54. The molecule has 0 aliphatic heterocycles. The summed E-state index contributed by atoms with van der Waals surface area (Å²) in [5.74, 6) is -0.145. The van der Waals surface area contributed by atoms with Gasteiger partial charge < -0.3 is 16.4 Å². The number of hydrogen-bond donors (Lipinski definition) is 3. The minimum absolute atomic E-state index is 0.0488. The predicted molar refractivity (Wildman–Crippen MR) is 114 cm³/mol. The quantitative estimate of drug-likeness (QED) is 0.510. The van der Waals surface area contributed by atoms with Crippen LogP contribution in [0.5, 0.6) is 0 Å². The van der Waals surface area contributed by atoms with Gasteiger partial charge in [0.2, 0.25) is 0 Å². The van der Waals surface area contributed by atoms with Gasteiger partial charge in [0.25, 0.3) is 5.91 Å². The lowest BCUT2D eigenvalue weighted by molar-refractivity contribution is 0.0944. The Balaban J connectivity index is 1.91. The van der Waals surface area contributed by atoms with Crippen LogP contribution in [0.3, 0.4) is 0 Å². The van der Waals surface area contributed by atoms with Crippen molar-refractivity contribution in [3.63, 3.8) is 0 Å². The smallest absolute Gasteiger partial charge is 0.253 e. The zero-order valence-corrected chi connectivity index (χ0v) is 16.2. The zero-order valence-electron chi connectivity index (χ0n) is 15.4. The van der Waals surface area contributed by atoms with Crippen molar-refractivity contribution in [2.45, 2.75) is 29.7 Å². The van der Waals surface area contributed by atoms with E-state index in [0.29, 0.717) is 11.3 Å². The maximum atomic E-state index is 12.6. The van der Waals surface area contributed by atoms with Crippen molar-refractivity contribution in [2.75, 3.05) is 11.1 Å². The summed E-state index contributed by atoms with van der Waals surface area (Å²) in [4.78, 5) is 14.8. The van der Waals surface area contributed by atoms with Crippen LogP contribution in [0.15, 0.2) is 82.6 Å². The highest BCUT2D eigenvalue weighted by molar-refractivity contribution is 7.99. The molecule has 0 fully saturated rings. The molecule has 0 bridgehead atoms. The van der Waals surface area contributed by atoms with E-state index >= 15 is 0 Å². The summed E-state index contributed by atoms with van der Waals surface area (Å²) in [6, 6.07) is 23.6. The summed E-state index contributed by atoms with van der Waals surface area (Å²) >= 11 is 1.67. The molecule has 0 atom stereocenters. The molecule has 0 radical (unpaired) electrons. The highest BCUT2D eigenvalue weighted by Gasteiger charge is 2.14. The average Bonchev–Trinajstić information content (AvgIpc) is 2.65. The van der Waals surface area contributed by atoms with Gasteiger partial charge in [0, 0.05) is 21.5 Å². The number of nitrogens with one attached hydrogen (secondary N) is 2. The van der Waals surface area contributed by atoms with E-state index in [1.165, 1.54) is 0 Å². The van der Waals surface area contributed by atoms with Crippen molar-refractivity contribution < 1.29 is 4.79 Å². The molecule has 0 unspecified atom stereocenters. The molecule has 0 aliphatic carbocycles. The minimum atomic E-state index is -0.145. The maximum Gasteiger partial charge on any atom is 0.253 e. The SMILES string of the molecule is CC(C)NC(=O)c1cc(N)ccc1Nc1ccccc1Sc1ccccc1. The first kappa shape index (κ1) is 18.9. The third-order valence-electron chi connectivity index (χ3n) is 3.84. The number of nitrogen functional groups attached to an aromatic ring is 1. The molecule has 5 heteroatoms. The number of carbonyl (C=O) groups excluding carboxylic acids is 1. The molecule has 0 saturated heterocycles. The second-order valence-corrected chi connectivity index (χ2v) is 7.58. The zero-order chi connectivity index (χ0) is 19.2. The van der Waals surface area contributed by atoms with Gasteiger partial charge in [-0.2, -0.15) is 0 Å². The topological polar surface area (TPSA) is 67.2 Å². The van der Waals surface area contributed by atoms with E-state index in [-0.39, 0.29) is 11.9 Å². The third-order valence-corrected chi connectivity index (χ3v) is 4.92. The third kappa shape index (κ3) is 5.05. The summed E-state index contributed by atoms with van der Waals surface area (Å²) in [5.41, 5.74) is 8.66. The molecule has 3 aromatic rings. The lowest BCUT2D eigenvalue weighted by Gasteiger charge is -2.16. The molecule has 4 N–H and O–H groups in total. The molecular formula is C22H23N3OS. The molecule has 0 heterocycles. The highest BCUT2D eigenvalue weighted by atomic mass is 32.2. The second kappa shape index (κ2) is 8.64. The molecular weight excluding hydrogens is 354 g/mol. The Kier molecular flexibility index (Phi) is 6.04. The number of benzene rings is 3. The maximum absolute atomic E-state index is 12.6. The summed E-state index contributed by atoms with van der Waals surface area (Å²) in [5, 5.41) is 6.33. The molecule has 0 aromatic heterocycles. The largest absolute Gasteiger partial charge is 0.399 e. The van der Waals surface area contributed by atoms with Gasteiger partial charge in [-0.15, -0.1) is 0 Å². The Morgan fingerprint density at radius 2 is 1.63 bits per heavy atom. The highest BCUT2D eigenvalue weighted by Crippen LogP contribution is 2.35. The Labute approximate surface area is 164 Å². The molecule has 27 heavy (non-hydrogen) atoms. The number of anilines is 3. The first-order valence-corrected chi connectivity index (χ1v) is 9.64. The van der Waals surface area contributed by atoms with Crippen molar-refractivity contribution in [1.29, 1.82) is 0 Å². The number of para-hydroxylation sites is 1. The van der Waals surface area contributed by atoms with E-state index < -0.39 is 0 Å². The number of amides is 1. The van der Waals surface area contributed by atoms with E-state index in [9.17, 15) is 4.79 Å². The van der Waals surface area contributed by atoms with Crippen LogP contribution in [0.4, 0.5) is 17.1 Å². The van der Waals surface area contributed by atoms with Crippen molar-refractivity contribution in [3.8, 4) is 0 Å². The van der Waals surface area contributed by atoms with Gasteiger partial charge in [0.05, 0.1) is 16.9 Å². The van der Waals surface area contributed by atoms with Crippen LogP contribution in [0, 0.1) is 0 Å². The summed E-state index contributed by atoms with van der Waals surface area (Å²) in [6.07, 6.45) is 0. The number of rotatable bonds is 6. The van der Waals surface area contributed by atoms with Gasteiger partial charge in [0.1, 0.15) is 0 Å². The van der Waals surface area contributed by atoms with Crippen LogP contribution < -0.4 is 16.4 Å². The first-order chi connectivity index (χ1) is 13.0. The lowest BCUT2D eigenvalue weighted by Crippen LogP contribution is -2.30. The van der Waals surface area contributed by atoms with Crippen LogP contribution in [-0.2, 0) is 0 Å². The molecule has 1 amide bonds. The summed E-state index contributed by atoms with van der Waals surface area (Å²) in [6.45, 7) is 3.87. The number of carbonyl (C=O) groups is 1. The average molecular weight is 378 g/mol. The van der Waals surface area contributed by atoms with E-state index in [1.807, 2.05) is 56.3 Å². The Morgan fingerprint density at radius 1 is 0.926 bits per heavy atom. The Bertz CT molecular complexity index is 926. The van der Waals surface area contributed by atoms with Crippen molar-refractivity contribution >= 4 is 34.7 Å². The Hall–Kier alpha value is -2.92. The van der Waals surface area contributed by atoms with Gasteiger partial charge in [-0.25, -0.2) is 0 Å². The lowest BCUT2D eigenvalue weighted by atomic mass is 10.1. The van der Waals surface area contributed by atoms with Crippen molar-refractivity contribution in [2.24, 2.45) is 0 Å². The molecule has 138 valence electrons. The molecule has 0 spiro atoms. The minimum Gasteiger partial charge on any atom is -0.399 e. The fourth-order valence-electron chi connectivity index (χ4n) is 2.62. The molecule has 3 rings (SSSR count). The van der Waals surface area contributed by atoms with E-state index in [1.54, 1.807) is 23.9 Å². The fraction of sp³-hybridized carbons (Fsp3) is 0.136. The summed E-state index contributed by atoms with van der Waals surface area (Å²) in [7, 11) is 0. The van der Waals surface area contributed by atoms with E-state index in [4.69, 9.17) is 5.73 Å².